The molecule has 0 saturated heterocycles. The number of carbonyl (C=O) groups excluding carboxylic acids is 2. The number of anilines is 1. The van der Waals surface area contributed by atoms with Gasteiger partial charge in [-0.05, 0) is 32.9 Å². The van der Waals surface area contributed by atoms with Crippen LogP contribution in [0.15, 0.2) is 24.3 Å². The summed E-state index contributed by atoms with van der Waals surface area (Å²) in [5, 5.41) is 5.65. The van der Waals surface area contributed by atoms with Crippen LogP contribution in [0.3, 0.4) is 0 Å². The summed E-state index contributed by atoms with van der Waals surface area (Å²) in [7, 11) is 0. The molecule has 0 aliphatic heterocycles. The quantitative estimate of drug-likeness (QED) is 0.685. The van der Waals surface area contributed by atoms with Gasteiger partial charge in [0.05, 0.1) is 18.0 Å². The number of hydrogen-bond donors (Lipinski definition) is 2. The lowest BCUT2D eigenvalue weighted by Gasteiger charge is -2.11. The average Bonchev–Trinajstić information content (AvgIpc) is 2.45. The van der Waals surface area contributed by atoms with Crippen molar-refractivity contribution >= 4 is 29.3 Å². The Hall–Kier alpha value is -1.69. The van der Waals surface area contributed by atoms with Gasteiger partial charge in [-0.25, -0.2) is 0 Å². The number of hydrogen-bond acceptors (Lipinski definition) is 4. The second-order valence-corrected chi connectivity index (χ2v) is 6.11. The third-order valence-electron chi connectivity index (χ3n) is 2.62. The van der Waals surface area contributed by atoms with Gasteiger partial charge in [-0.2, -0.15) is 11.8 Å². The molecule has 0 spiro atoms. The number of nitrogens with one attached hydrogen (secondary N) is 2. The van der Waals surface area contributed by atoms with Crippen molar-refractivity contribution in [1.29, 1.82) is 0 Å². The molecule has 22 heavy (non-hydrogen) atoms. The predicted octanol–water partition coefficient (Wildman–Crippen LogP) is 2.67. The molecule has 0 radical (unpaired) electrons. The molecule has 1 rings (SSSR count). The zero-order chi connectivity index (χ0) is 16.4. The highest BCUT2D eigenvalue weighted by Gasteiger charge is 2.08. The molecule has 0 bridgehead atoms. The Morgan fingerprint density at radius 3 is 2.64 bits per heavy atom. The van der Waals surface area contributed by atoms with Crippen LogP contribution in [-0.4, -0.2) is 36.0 Å². The molecule has 122 valence electrons. The van der Waals surface area contributed by atoms with E-state index in [2.05, 4.69) is 10.6 Å². The third kappa shape index (κ3) is 7.36. The van der Waals surface area contributed by atoms with Crippen LogP contribution in [0.4, 0.5) is 5.69 Å². The molecule has 1 aromatic carbocycles. The number of ether oxygens (including phenoxy) is 1. The molecule has 0 aliphatic carbocycles. The second kappa shape index (κ2) is 10.1. The molecule has 0 saturated carbocycles. The second-order valence-electron chi connectivity index (χ2n) is 5.00. The summed E-state index contributed by atoms with van der Waals surface area (Å²) in [5.41, 5.74) is 0.674. The van der Waals surface area contributed by atoms with Gasteiger partial charge >= 0.3 is 0 Å². The van der Waals surface area contributed by atoms with Crippen LogP contribution in [0.1, 0.15) is 27.2 Å². The summed E-state index contributed by atoms with van der Waals surface area (Å²) in [5.74, 6) is 1.53. The molecule has 2 amide bonds. The van der Waals surface area contributed by atoms with Crippen molar-refractivity contribution in [2.75, 3.05) is 23.4 Å². The zero-order valence-corrected chi connectivity index (χ0v) is 14.2. The summed E-state index contributed by atoms with van der Waals surface area (Å²) in [6.07, 6.45) is 0.422. The van der Waals surface area contributed by atoms with E-state index in [1.807, 2.05) is 45.0 Å². The maximum Gasteiger partial charge on any atom is 0.234 e. The first kappa shape index (κ1) is 18.4. The van der Waals surface area contributed by atoms with Gasteiger partial charge in [-0.3, -0.25) is 9.59 Å². The maximum atomic E-state index is 11.9. The van der Waals surface area contributed by atoms with Crippen LogP contribution in [0.5, 0.6) is 5.75 Å². The number of amides is 2. The van der Waals surface area contributed by atoms with Crippen LogP contribution in [0.2, 0.25) is 0 Å². The van der Waals surface area contributed by atoms with Gasteiger partial charge < -0.3 is 15.4 Å². The van der Waals surface area contributed by atoms with Crippen LogP contribution in [0.25, 0.3) is 0 Å². The van der Waals surface area contributed by atoms with Crippen molar-refractivity contribution in [3.05, 3.63) is 24.3 Å². The number of para-hydroxylation sites is 2. The normalized spacial score (nSPS) is 10.4. The monoisotopic (exact) mass is 324 g/mol. The molecule has 0 fully saturated rings. The molecule has 0 unspecified atom stereocenters. The van der Waals surface area contributed by atoms with Gasteiger partial charge in [0.25, 0.3) is 0 Å². The standard InChI is InChI=1S/C16H24N2O3S/c1-4-21-14-8-6-5-7-13(14)18-16(20)11-22-10-9-15(19)17-12(2)3/h5-8,12H,4,9-11H2,1-3H3,(H,17,19)(H,18,20). The lowest BCUT2D eigenvalue weighted by molar-refractivity contribution is -0.121. The van der Waals surface area contributed by atoms with Crippen molar-refractivity contribution in [2.24, 2.45) is 0 Å². The van der Waals surface area contributed by atoms with Gasteiger partial charge in [0, 0.05) is 18.2 Å². The minimum absolute atomic E-state index is 0.0181. The number of carbonyl (C=O) groups is 2. The third-order valence-corrected chi connectivity index (χ3v) is 3.58. The van der Waals surface area contributed by atoms with Crippen molar-refractivity contribution in [3.8, 4) is 5.75 Å². The Morgan fingerprint density at radius 2 is 1.95 bits per heavy atom. The Kier molecular flexibility index (Phi) is 8.43. The smallest absolute Gasteiger partial charge is 0.234 e. The molecule has 0 aliphatic rings. The number of thioether (sulfide) groups is 1. The van der Waals surface area contributed by atoms with Crippen LogP contribution < -0.4 is 15.4 Å². The van der Waals surface area contributed by atoms with Gasteiger partial charge in [-0.1, -0.05) is 12.1 Å². The number of benzene rings is 1. The highest BCUT2D eigenvalue weighted by molar-refractivity contribution is 7.99. The van der Waals surface area contributed by atoms with Crippen LogP contribution in [0, 0.1) is 0 Å². The minimum atomic E-state index is -0.0959. The van der Waals surface area contributed by atoms with Crippen molar-refractivity contribution in [3.63, 3.8) is 0 Å². The van der Waals surface area contributed by atoms with E-state index >= 15 is 0 Å². The van der Waals surface area contributed by atoms with E-state index in [1.165, 1.54) is 11.8 Å². The lowest BCUT2D eigenvalue weighted by atomic mass is 10.3. The van der Waals surface area contributed by atoms with E-state index in [-0.39, 0.29) is 17.9 Å². The van der Waals surface area contributed by atoms with E-state index < -0.39 is 0 Å². The summed E-state index contributed by atoms with van der Waals surface area (Å²) in [4.78, 5) is 23.4. The van der Waals surface area contributed by atoms with Gasteiger partial charge in [0.1, 0.15) is 5.75 Å². The number of rotatable bonds is 9. The Bertz CT molecular complexity index is 492. The first-order valence-electron chi connectivity index (χ1n) is 7.41. The van der Waals surface area contributed by atoms with Gasteiger partial charge in [0.15, 0.2) is 0 Å². The highest BCUT2D eigenvalue weighted by atomic mass is 32.2. The fourth-order valence-electron chi connectivity index (χ4n) is 1.76. The fourth-order valence-corrected chi connectivity index (χ4v) is 2.49. The molecular formula is C16H24N2O3S. The lowest BCUT2D eigenvalue weighted by Crippen LogP contribution is -2.30. The van der Waals surface area contributed by atoms with E-state index in [0.717, 1.165) is 0 Å². The van der Waals surface area contributed by atoms with E-state index in [1.54, 1.807) is 0 Å². The molecule has 5 nitrogen and oxygen atoms in total. The van der Waals surface area contributed by atoms with E-state index in [9.17, 15) is 9.59 Å². The molecule has 1 aromatic rings. The fraction of sp³-hybridized carbons (Fsp3) is 0.500. The SMILES string of the molecule is CCOc1ccccc1NC(=O)CSCCC(=O)NC(C)C. The molecular weight excluding hydrogens is 300 g/mol. The first-order valence-corrected chi connectivity index (χ1v) is 8.57. The van der Waals surface area contributed by atoms with Crippen molar-refractivity contribution in [2.45, 2.75) is 33.2 Å². The molecule has 0 heterocycles. The van der Waals surface area contributed by atoms with Gasteiger partial charge in [0.2, 0.25) is 11.8 Å². The summed E-state index contributed by atoms with van der Waals surface area (Å²) in [6.45, 7) is 6.30. The Labute approximate surface area is 136 Å². The highest BCUT2D eigenvalue weighted by Crippen LogP contribution is 2.23. The largest absolute Gasteiger partial charge is 0.492 e. The zero-order valence-electron chi connectivity index (χ0n) is 13.3. The Balaban J connectivity index is 2.31. The molecule has 0 aromatic heterocycles. The Morgan fingerprint density at radius 1 is 1.23 bits per heavy atom. The summed E-state index contributed by atoms with van der Waals surface area (Å²) < 4.78 is 5.46. The average molecular weight is 324 g/mol. The van der Waals surface area contributed by atoms with Crippen molar-refractivity contribution < 1.29 is 14.3 Å². The topological polar surface area (TPSA) is 67.4 Å². The molecule has 0 atom stereocenters. The first-order chi connectivity index (χ1) is 10.5. The predicted molar refractivity (Wildman–Crippen MR) is 91.5 cm³/mol. The summed E-state index contributed by atoms with van der Waals surface area (Å²) in [6, 6.07) is 7.49. The van der Waals surface area contributed by atoms with E-state index in [0.29, 0.717) is 36.0 Å². The van der Waals surface area contributed by atoms with Crippen LogP contribution >= 0.6 is 11.8 Å². The molecule has 6 heteroatoms. The minimum Gasteiger partial charge on any atom is -0.492 e. The van der Waals surface area contributed by atoms with Gasteiger partial charge in [-0.15, -0.1) is 0 Å². The van der Waals surface area contributed by atoms with Crippen LogP contribution in [-0.2, 0) is 9.59 Å². The van der Waals surface area contributed by atoms with E-state index in [4.69, 9.17) is 4.74 Å². The summed E-state index contributed by atoms with van der Waals surface area (Å²) >= 11 is 1.44. The van der Waals surface area contributed by atoms with Crippen molar-refractivity contribution in [1.82, 2.24) is 5.32 Å². The maximum absolute atomic E-state index is 11.9. The molecule has 2 N–H and O–H groups in total.